The molecule has 0 saturated heterocycles. The zero-order valence-corrected chi connectivity index (χ0v) is 17.6. The Balaban J connectivity index is 1.29. The third kappa shape index (κ3) is 4.19. The molecule has 0 spiro atoms. The van der Waals surface area contributed by atoms with E-state index in [2.05, 4.69) is 36.1 Å². The van der Waals surface area contributed by atoms with Crippen molar-refractivity contribution in [2.24, 2.45) is 5.73 Å². The van der Waals surface area contributed by atoms with Gasteiger partial charge in [-0.1, -0.05) is 23.5 Å². The lowest BCUT2D eigenvalue weighted by Gasteiger charge is -2.05. The van der Waals surface area contributed by atoms with Crippen LogP contribution in [0.5, 0.6) is 0 Å². The Bertz CT molecular complexity index is 1390. The molecule has 0 unspecified atom stereocenters. The van der Waals surface area contributed by atoms with Crippen molar-refractivity contribution >= 4 is 44.7 Å². The minimum absolute atomic E-state index is 0.236. The number of rotatable bonds is 7. The van der Waals surface area contributed by atoms with Gasteiger partial charge >= 0.3 is 0 Å². The summed E-state index contributed by atoms with van der Waals surface area (Å²) in [6.07, 6.45) is 4.98. The highest BCUT2D eigenvalue weighted by Crippen LogP contribution is 2.30. The van der Waals surface area contributed by atoms with Crippen LogP contribution in [0, 0.1) is 0 Å². The van der Waals surface area contributed by atoms with Crippen molar-refractivity contribution < 1.29 is 4.79 Å². The number of anilines is 3. The minimum Gasteiger partial charge on any atom is -0.330 e. The second-order valence-corrected chi connectivity index (χ2v) is 8.00. The Hall–Kier alpha value is -4.09. The van der Waals surface area contributed by atoms with Crippen molar-refractivity contribution in [3.05, 3.63) is 66.6 Å². The number of amides is 1. The van der Waals surface area contributed by atoms with Gasteiger partial charge in [-0.25, -0.2) is 0 Å². The quantitative estimate of drug-likeness (QED) is 0.301. The SMILES string of the molecule is NCCn1cc(C(=O)Nc2cccc(-c3nnc(Nc4ccc5[nH]ncc5c4)s3)c2)cn1. The lowest BCUT2D eigenvalue weighted by molar-refractivity contribution is 0.102. The summed E-state index contributed by atoms with van der Waals surface area (Å²) in [5.74, 6) is -0.236. The van der Waals surface area contributed by atoms with Crippen LogP contribution in [0.15, 0.2) is 61.1 Å². The van der Waals surface area contributed by atoms with Gasteiger partial charge in [0.15, 0.2) is 0 Å². The average Bonchev–Trinajstić information content (AvgIpc) is 3.55. The van der Waals surface area contributed by atoms with Crippen LogP contribution in [0.4, 0.5) is 16.5 Å². The molecule has 160 valence electrons. The Labute approximate surface area is 186 Å². The Morgan fingerprint density at radius 2 is 2.06 bits per heavy atom. The molecule has 0 radical (unpaired) electrons. The van der Waals surface area contributed by atoms with Crippen LogP contribution >= 0.6 is 11.3 Å². The van der Waals surface area contributed by atoms with Gasteiger partial charge in [0.25, 0.3) is 5.91 Å². The van der Waals surface area contributed by atoms with Gasteiger partial charge in [-0.2, -0.15) is 10.2 Å². The number of nitrogens with one attached hydrogen (secondary N) is 3. The van der Waals surface area contributed by atoms with Gasteiger partial charge in [0.1, 0.15) is 5.01 Å². The van der Waals surface area contributed by atoms with E-state index in [0.717, 1.165) is 27.2 Å². The third-order valence-electron chi connectivity index (χ3n) is 4.74. The maximum absolute atomic E-state index is 12.5. The molecule has 3 heterocycles. The summed E-state index contributed by atoms with van der Waals surface area (Å²) in [6, 6.07) is 13.4. The Morgan fingerprint density at radius 1 is 1.12 bits per heavy atom. The average molecular weight is 446 g/mol. The second kappa shape index (κ2) is 8.57. The number of nitrogens with two attached hydrogens (primary N) is 1. The van der Waals surface area contributed by atoms with Crippen molar-refractivity contribution in [1.29, 1.82) is 0 Å². The van der Waals surface area contributed by atoms with E-state index in [9.17, 15) is 4.79 Å². The Morgan fingerprint density at radius 3 is 2.97 bits per heavy atom. The minimum atomic E-state index is -0.236. The van der Waals surface area contributed by atoms with Gasteiger partial charge < -0.3 is 16.4 Å². The predicted molar refractivity (Wildman–Crippen MR) is 124 cm³/mol. The summed E-state index contributed by atoms with van der Waals surface area (Å²) < 4.78 is 1.64. The highest BCUT2D eigenvalue weighted by molar-refractivity contribution is 7.18. The van der Waals surface area contributed by atoms with Crippen LogP contribution in [-0.4, -0.2) is 42.6 Å². The molecule has 11 heteroatoms. The number of H-pyrrole nitrogens is 1. The van der Waals surface area contributed by atoms with Gasteiger partial charge in [-0.15, -0.1) is 10.2 Å². The van der Waals surface area contributed by atoms with Crippen LogP contribution in [0.2, 0.25) is 0 Å². The molecule has 10 nitrogen and oxygen atoms in total. The highest BCUT2D eigenvalue weighted by Gasteiger charge is 2.12. The zero-order valence-electron chi connectivity index (χ0n) is 16.8. The van der Waals surface area contributed by atoms with E-state index in [4.69, 9.17) is 5.73 Å². The van der Waals surface area contributed by atoms with Crippen LogP contribution < -0.4 is 16.4 Å². The Kier molecular flexibility index (Phi) is 5.32. The van der Waals surface area contributed by atoms with E-state index in [1.165, 1.54) is 17.5 Å². The number of hydrogen-bond donors (Lipinski definition) is 4. The fourth-order valence-corrected chi connectivity index (χ4v) is 3.96. The molecule has 0 bridgehead atoms. The van der Waals surface area contributed by atoms with E-state index in [-0.39, 0.29) is 5.91 Å². The third-order valence-corrected chi connectivity index (χ3v) is 5.63. The van der Waals surface area contributed by atoms with Gasteiger partial charge in [0, 0.05) is 35.1 Å². The molecule has 32 heavy (non-hydrogen) atoms. The van der Waals surface area contributed by atoms with Crippen LogP contribution in [-0.2, 0) is 6.54 Å². The van der Waals surface area contributed by atoms with Crippen molar-refractivity contribution in [1.82, 2.24) is 30.2 Å². The summed E-state index contributed by atoms with van der Waals surface area (Å²) in [5, 5.41) is 28.2. The second-order valence-electron chi connectivity index (χ2n) is 7.03. The number of fused-ring (bicyclic) bond motifs is 1. The number of aromatic nitrogens is 6. The van der Waals surface area contributed by atoms with E-state index in [1.807, 2.05) is 42.5 Å². The molecule has 5 N–H and O–H groups in total. The summed E-state index contributed by atoms with van der Waals surface area (Å²) in [5.41, 5.74) is 9.39. The first-order valence-electron chi connectivity index (χ1n) is 9.86. The maximum atomic E-state index is 12.5. The monoisotopic (exact) mass is 445 g/mol. The summed E-state index contributed by atoms with van der Waals surface area (Å²) in [4.78, 5) is 12.5. The maximum Gasteiger partial charge on any atom is 0.258 e. The lowest BCUT2D eigenvalue weighted by Crippen LogP contribution is -2.12. The number of benzene rings is 2. The number of hydrogen-bond acceptors (Lipinski definition) is 8. The summed E-state index contributed by atoms with van der Waals surface area (Å²) in [7, 11) is 0. The molecule has 0 aliphatic heterocycles. The molecule has 5 rings (SSSR count). The lowest BCUT2D eigenvalue weighted by atomic mass is 10.2. The fraction of sp³-hybridized carbons (Fsp3) is 0.0952. The van der Waals surface area contributed by atoms with Crippen LogP contribution in [0.25, 0.3) is 21.5 Å². The first-order valence-corrected chi connectivity index (χ1v) is 10.7. The zero-order chi connectivity index (χ0) is 21.9. The van der Waals surface area contributed by atoms with Gasteiger partial charge in [-0.05, 0) is 30.3 Å². The predicted octanol–water partition coefficient (Wildman–Crippen LogP) is 3.23. The molecule has 0 atom stereocenters. The van der Waals surface area contributed by atoms with E-state index >= 15 is 0 Å². The normalized spacial score (nSPS) is 11.0. The molecular weight excluding hydrogens is 426 g/mol. The highest BCUT2D eigenvalue weighted by atomic mass is 32.1. The molecule has 2 aromatic carbocycles. The smallest absolute Gasteiger partial charge is 0.258 e. The van der Waals surface area contributed by atoms with E-state index in [1.54, 1.807) is 17.1 Å². The summed E-state index contributed by atoms with van der Waals surface area (Å²) in [6.45, 7) is 1.02. The van der Waals surface area contributed by atoms with E-state index in [0.29, 0.717) is 29.5 Å². The van der Waals surface area contributed by atoms with Crippen molar-refractivity contribution in [3.63, 3.8) is 0 Å². The molecule has 1 amide bonds. The molecular formula is C21H19N9OS. The first kappa shape index (κ1) is 19.8. The van der Waals surface area contributed by atoms with Crippen molar-refractivity contribution in [3.8, 4) is 10.6 Å². The number of carbonyl (C=O) groups excluding carboxylic acids is 1. The standard InChI is InChI=1S/C21H19N9OS/c22-6-7-30-12-15(11-24-30)19(31)25-16-3-1-2-13(8-16)20-28-29-21(32-20)26-17-4-5-18-14(9-17)10-23-27-18/h1-5,8-12H,6-7,22H2,(H,23,27)(H,25,31)(H,26,29). The van der Waals surface area contributed by atoms with Crippen LogP contribution in [0.1, 0.15) is 10.4 Å². The topological polar surface area (TPSA) is 139 Å². The van der Waals surface area contributed by atoms with Gasteiger partial charge in [0.05, 0.1) is 30.0 Å². The van der Waals surface area contributed by atoms with E-state index < -0.39 is 0 Å². The molecule has 0 aliphatic carbocycles. The van der Waals surface area contributed by atoms with Crippen molar-refractivity contribution in [2.45, 2.75) is 6.54 Å². The van der Waals surface area contributed by atoms with Crippen LogP contribution in [0.3, 0.4) is 0 Å². The van der Waals surface area contributed by atoms with Gasteiger partial charge in [0.2, 0.25) is 5.13 Å². The van der Waals surface area contributed by atoms with Gasteiger partial charge in [-0.3, -0.25) is 14.6 Å². The largest absolute Gasteiger partial charge is 0.330 e. The number of carbonyl (C=O) groups is 1. The molecule has 3 aromatic heterocycles. The molecule has 0 saturated carbocycles. The number of nitrogens with zero attached hydrogens (tertiary/aromatic N) is 5. The number of aromatic amines is 1. The first-order chi connectivity index (χ1) is 15.7. The molecule has 5 aromatic rings. The fourth-order valence-electron chi connectivity index (χ4n) is 3.20. The summed E-state index contributed by atoms with van der Waals surface area (Å²) >= 11 is 1.43. The van der Waals surface area contributed by atoms with Crippen molar-refractivity contribution in [2.75, 3.05) is 17.2 Å². The molecule has 0 aliphatic rings. The molecule has 0 fully saturated rings.